The molecule has 6 nitrogen and oxygen atoms in total. The second kappa shape index (κ2) is 4.71. The van der Waals surface area contributed by atoms with Crippen LogP contribution in [0.4, 0.5) is 11.6 Å². The molecule has 0 bridgehead atoms. The van der Waals surface area contributed by atoms with Gasteiger partial charge in [0.2, 0.25) is 5.95 Å². The Labute approximate surface area is 111 Å². The van der Waals surface area contributed by atoms with Crippen molar-refractivity contribution in [3.05, 3.63) is 18.2 Å². The minimum atomic E-state index is -0.712. The zero-order chi connectivity index (χ0) is 13.3. The van der Waals surface area contributed by atoms with Crippen LogP contribution in [0.5, 0.6) is 0 Å². The van der Waals surface area contributed by atoms with Gasteiger partial charge in [-0.15, -0.1) is 0 Å². The van der Waals surface area contributed by atoms with Crippen LogP contribution >= 0.6 is 0 Å². The van der Waals surface area contributed by atoms with Crippen LogP contribution in [0.3, 0.4) is 0 Å². The van der Waals surface area contributed by atoms with Crippen molar-refractivity contribution in [3.8, 4) is 0 Å². The summed E-state index contributed by atoms with van der Waals surface area (Å²) in [4.78, 5) is 7.55. The number of fused-ring (bicyclic) bond motifs is 1. The molecule has 102 valence electrons. The fourth-order valence-electron chi connectivity index (χ4n) is 2.29. The number of ether oxygens (including phenoxy) is 1. The van der Waals surface area contributed by atoms with Gasteiger partial charge in [-0.25, -0.2) is 4.98 Å². The highest BCUT2D eigenvalue weighted by molar-refractivity contribution is 5.80. The molecule has 0 amide bonds. The number of aromatic amines is 1. The van der Waals surface area contributed by atoms with Crippen LogP contribution in [0.15, 0.2) is 18.2 Å². The molecular formula is C13H18N4O2. The number of aliphatic hydroxyl groups is 1. The Balaban J connectivity index is 1.71. The molecule has 1 saturated heterocycles. The molecule has 6 heteroatoms. The van der Waals surface area contributed by atoms with Gasteiger partial charge in [0.05, 0.1) is 16.6 Å². The van der Waals surface area contributed by atoms with Gasteiger partial charge in [-0.3, -0.25) is 0 Å². The summed E-state index contributed by atoms with van der Waals surface area (Å²) in [5.41, 5.74) is 7.46. The van der Waals surface area contributed by atoms with E-state index in [1.165, 1.54) is 0 Å². The SMILES string of the molecule is Nc1ccc2nc(NCC3(O)CCOCC3)[nH]c2c1. The second-order valence-electron chi connectivity index (χ2n) is 5.05. The van der Waals surface area contributed by atoms with E-state index in [1.807, 2.05) is 18.2 Å². The lowest BCUT2D eigenvalue weighted by atomic mass is 9.94. The maximum absolute atomic E-state index is 10.3. The van der Waals surface area contributed by atoms with Gasteiger partial charge < -0.3 is 25.9 Å². The fraction of sp³-hybridized carbons (Fsp3) is 0.462. The smallest absolute Gasteiger partial charge is 0.201 e. The molecule has 2 heterocycles. The highest BCUT2D eigenvalue weighted by atomic mass is 16.5. The number of hydrogen-bond acceptors (Lipinski definition) is 5. The Morgan fingerprint density at radius 1 is 1.42 bits per heavy atom. The third-order valence-electron chi connectivity index (χ3n) is 3.51. The molecule has 1 fully saturated rings. The van der Waals surface area contributed by atoms with Crippen LogP contribution < -0.4 is 11.1 Å². The molecule has 0 saturated carbocycles. The molecule has 1 aliphatic heterocycles. The van der Waals surface area contributed by atoms with E-state index >= 15 is 0 Å². The third-order valence-corrected chi connectivity index (χ3v) is 3.51. The first-order chi connectivity index (χ1) is 9.15. The zero-order valence-electron chi connectivity index (χ0n) is 10.6. The van der Waals surface area contributed by atoms with Gasteiger partial charge in [-0.1, -0.05) is 0 Å². The molecule has 1 aliphatic rings. The molecule has 5 N–H and O–H groups in total. The van der Waals surface area contributed by atoms with E-state index in [4.69, 9.17) is 10.5 Å². The number of hydrogen-bond donors (Lipinski definition) is 4. The molecular weight excluding hydrogens is 244 g/mol. The van der Waals surface area contributed by atoms with Crippen LogP contribution in [-0.2, 0) is 4.74 Å². The van der Waals surface area contributed by atoms with E-state index in [-0.39, 0.29) is 0 Å². The summed E-state index contributed by atoms with van der Waals surface area (Å²) < 4.78 is 5.25. The van der Waals surface area contributed by atoms with Gasteiger partial charge in [-0.2, -0.15) is 0 Å². The van der Waals surface area contributed by atoms with E-state index < -0.39 is 5.60 Å². The number of nitrogens with zero attached hydrogens (tertiary/aromatic N) is 1. The highest BCUT2D eigenvalue weighted by Crippen LogP contribution is 2.22. The van der Waals surface area contributed by atoms with Gasteiger partial charge in [0, 0.05) is 38.3 Å². The Bertz CT molecular complexity index is 575. The predicted molar refractivity (Wildman–Crippen MR) is 74.0 cm³/mol. The number of aromatic nitrogens is 2. The quantitative estimate of drug-likeness (QED) is 0.621. The molecule has 0 spiro atoms. The first-order valence-electron chi connectivity index (χ1n) is 6.44. The van der Waals surface area contributed by atoms with E-state index in [1.54, 1.807) is 0 Å². The molecule has 1 aromatic carbocycles. The Morgan fingerprint density at radius 3 is 3.00 bits per heavy atom. The predicted octanol–water partition coefficient (Wildman–Crippen LogP) is 1.10. The first kappa shape index (κ1) is 12.3. The van der Waals surface area contributed by atoms with Gasteiger partial charge in [0.25, 0.3) is 0 Å². The number of imidazole rings is 1. The number of nitrogen functional groups attached to an aromatic ring is 1. The summed E-state index contributed by atoms with van der Waals surface area (Å²) in [5.74, 6) is 0.653. The monoisotopic (exact) mass is 262 g/mol. The minimum Gasteiger partial charge on any atom is -0.399 e. The van der Waals surface area contributed by atoms with Crippen molar-refractivity contribution in [1.29, 1.82) is 0 Å². The summed E-state index contributed by atoms with van der Waals surface area (Å²) in [7, 11) is 0. The largest absolute Gasteiger partial charge is 0.399 e. The van der Waals surface area contributed by atoms with E-state index in [0.29, 0.717) is 44.2 Å². The van der Waals surface area contributed by atoms with Gasteiger partial charge >= 0.3 is 0 Å². The number of rotatable bonds is 3. The average Bonchev–Trinajstić information content (AvgIpc) is 2.79. The van der Waals surface area contributed by atoms with Crippen molar-refractivity contribution in [3.63, 3.8) is 0 Å². The fourth-order valence-corrected chi connectivity index (χ4v) is 2.29. The maximum atomic E-state index is 10.3. The summed E-state index contributed by atoms with van der Waals surface area (Å²) in [6, 6.07) is 5.53. The number of nitrogens with two attached hydrogens (primary N) is 1. The Hall–Kier alpha value is -1.79. The van der Waals surface area contributed by atoms with Crippen molar-refractivity contribution in [2.45, 2.75) is 18.4 Å². The molecule has 19 heavy (non-hydrogen) atoms. The van der Waals surface area contributed by atoms with Crippen molar-refractivity contribution in [2.75, 3.05) is 30.8 Å². The maximum Gasteiger partial charge on any atom is 0.201 e. The highest BCUT2D eigenvalue weighted by Gasteiger charge is 2.29. The van der Waals surface area contributed by atoms with E-state index in [2.05, 4.69) is 15.3 Å². The Kier molecular flexibility index (Phi) is 3.04. The van der Waals surface area contributed by atoms with Crippen molar-refractivity contribution in [2.24, 2.45) is 0 Å². The zero-order valence-corrected chi connectivity index (χ0v) is 10.6. The number of anilines is 2. The molecule has 0 atom stereocenters. The van der Waals surface area contributed by atoms with Crippen molar-refractivity contribution in [1.82, 2.24) is 9.97 Å². The average molecular weight is 262 g/mol. The van der Waals surface area contributed by atoms with Gasteiger partial charge in [0.15, 0.2) is 0 Å². The van der Waals surface area contributed by atoms with Crippen LogP contribution in [0.2, 0.25) is 0 Å². The molecule has 0 unspecified atom stereocenters. The molecule has 0 aliphatic carbocycles. The third kappa shape index (κ3) is 2.64. The number of H-pyrrole nitrogens is 1. The Morgan fingerprint density at radius 2 is 2.21 bits per heavy atom. The van der Waals surface area contributed by atoms with E-state index in [0.717, 1.165) is 11.0 Å². The molecule has 3 rings (SSSR count). The molecule has 1 aromatic heterocycles. The first-order valence-corrected chi connectivity index (χ1v) is 6.44. The number of benzene rings is 1. The standard InChI is InChI=1S/C13H18N4O2/c14-9-1-2-10-11(7-9)17-12(16-10)15-8-13(18)3-5-19-6-4-13/h1-2,7,18H,3-6,8,14H2,(H2,15,16,17). The van der Waals surface area contributed by atoms with Gasteiger partial charge in [-0.05, 0) is 18.2 Å². The van der Waals surface area contributed by atoms with Crippen LogP contribution in [0.25, 0.3) is 11.0 Å². The minimum absolute atomic E-state index is 0.464. The van der Waals surface area contributed by atoms with E-state index in [9.17, 15) is 5.11 Å². The topological polar surface area (TPSA) is 96.2 Å². The summed E-state index contributed by atoms with van der Waals surface area (Å²) >= 11 is 0. The lowest BCUT2D eigenvalue weighted by Gasteiger charge is -2.31. The summed E-state index contributed by atoms with van der Waals surface area (Å²) in [5, 5.41) is 13.5. The van der Waals surface area contributed by atoms with Crippen molar-refractivity contribution < 1.29 is 9.84 Å². The summed E-state index contributed by atoms with van der Waals surface area (Å²) in [6.07, 6.45) is 1.29. The van der Waals surface area contributed by atoms with Gasteiger partial charge in [0.1, 0.15) is 0 Å². The second-order valence-corrected chi connectivity index (χ2v) is 5.05. The molecule has 2 aromatic rings. The van der Waals surface area contributed by atoms with Crippen LogP contribution in [-0.4, -0.2) is 40.4 Å². The summed E-state index contributed by atoms with van der Waals surface area (Å²) in [6.45, 7) is 1.68. The number of nitrogens with one attached hydrogen (secondary N) is 2. The van der Waals surface area contributed by atoms with Crippen molar-refractivity contribution >= 4 is 22.7 Å². The lowest BCUT2D eigenvalue weighted by Crippen LogP contribution is -2.42. The molecule has 0 radical (unpaired) electrons. The van der Waals surface area contributed by atoms with Crippen LogP contribution in [0, 0.1) is 0 Å². The normalized spacial score (nSPS) is 18.6. The van der Waals surface area contributed by atoms with Crippen LogP contribution in [0.1, 0.15) is 12.8 Å². The lowest BCUT2D eigenvalue weighted by molar-refractivity contribution is -0.0544.